The van der Waals surface area contributed by atoms with Gasteiger partial charge in [0.15, 0.2) is 0 Å². The molecular weight excluding hydrogens is 138 g/mol. The molecule has 2 unspecified atom stereocenters. The van der Waals surface area contributed by atoms with Crippen LogP contribution in [0.15, 0.2) is 0 Å². The molecule has 0 saturated carbocycles. The van der Waals surface area contributed by atoms with Gasteiger partial charge in [0.25, 0.3) is 0 Å². The third-order valence-electron chi connectivity index (χ3n) is 2.26. The SMILES string of the molecule is CCCC(=O)C1CCC(C)N1. The zero-order chi connectivity index (χ0) is 8.27. The van der Waals surface area contributed by atoms with Gasteiger partial charge in [-0.05, 0) is 26.2 Å². The molecule has 11 heavy (non-hydrogen) atoms. The number of hydrogen-bond acceptors (Lipinski definition) is 2. The van der Waals surface area contributed by atoms with E-state index in [-0.39, 0.29) is 6.04 Å². The minimum Gasteiger partial charge on any atom is -0.305 e. The minimum absolute atomic E-state index is 0.171. The number of Topliss-reactive ketones (excluding diaryl/α,β-unsaturated/α-hetero) is 1. The Hall–Kier alpha value is -0.370. The molecule has 64 valence electrons. The Morgan fingerprint density at radius 2 is 2.27 bits per heavy atom. The van der Waals surface area contributed by atoms with E-state index >= 15 is 0 Å². The quantitative estimate of drug-likeness (QED) is 0.669. The Morgan fingerprint density at radius 3 is 2.73 bits per heavy atom. The van der Waals surface area contributed by atoms with Crippen LogP contribution in [-0.2, 0) is 4.79 Å². The lowest BCUT2D eigenvalue weighted by atomic mass is 10.1. The minimum atomic E-state index is 0.171. The van der Waals surface area contributed by atoms with Gasteiger partial charge in [0.05, 0.1) is 6.04 Å². The van der Waals surface area contributed by atoms with Crippen LogP contribution in [0.25, 0.3) is 0 Å². The van der Waals surface area contributed by atoms with Crippen LogP contribution in [-0.4, -0.2) is 17.9 Å². The predicted octanol–water partition coefficient (Wildman–Crippen LogP) is 1.50. The molecule has 1 saturated heterocycles. The van der Waals surface area contributed by atoms with Crippen LogP contribution in [0.2, 0.25) is 0 Å². The van der Waals surface area contributed by atoms with E-state index in [1.165, 1.54) is 0 Å². The Balaban J connectivity index is 2.31. The van der Waals surface area contributed by atoms with Crippen molar-refractivity contribution < 1.29 is 4.79 Å². The molecule has 0 aromatic carbocycles. The Kier molecular flexibility index (Phi) is 3.06. The van der Waals surface area contributed by atoms with Gasteiger partial charge < -0.3 is 5.32 Å². The molecule has 2 atom stereocenters. The zero-order valence-electron chi connectivity index (χ0n) is 7.39. The number of ketones is 1. The Morgan fingerprint density at radius 1 is 1.55 bits per heavy atom. The van der Waals surface area contributed by atoms with Crippen molar-refractivity contribution >= 4 is 5.78 Å². The molecule has 0 bridgehead atoms. The first-order chi connectivity index (χ1) is 5.24. The molecule has 0 aromatic rings. The van der Waals surface area contributed by atoms with E-state index < -0.39 is 0 Å². The number of rotatable bonds is 3. The van der Waals surface area contributed by atoms with E-state index in [0.29, 0.717) is 11.8 Å². The topological polar surface area (TPSA) is 29.1 Å². The molecule has 2 heteroatoms. The third-order valence-corrected chi connectivity index (χ3v) is 2.26. The molecule has 1 aliphatic rings. The maximum atomic E-state index is 11.3. The normalized spacial score (nSPS) is 30.7. The summed E-state index contributed by atoms with van der Waals surface area (Å²) >= 11 is 0. The first-order valence-electron chi connectivity index (χ1n) is 4.52. The van der Waals surface area contributed by atoms with E-state index in [1.54, 1.807) is 0 Å². The molecule has 1 aliphatic heterocycles. The monoisotopic (exact) mass is 155 g/mol. The summed E-state index contributed by atoms with van der Waals surface area (Å²) in [5, 5.41) is 3.29. The highest BCUT2D eigenvalue weighted by molar-refractivity contribution is 5.84. The van der Waals surface area contributed by atoms with Crippen molar-refractivity contribution in [3.63, 3.8) is 0 Å². The molecule has 1 N–H and O–H groups in total. The third kappa shape index (κ3) is 2.29. The molecular formula is C9H17NO. The summed E-state index contributed by atoms with van der Waals surface area (Å²) < 4.78 is 0. The maximum Gasteiger partial charge on any atom is 0.149 e. The van der Waals surface area contributed by atoms with Gasteiger partial charge in [-0.25, -0.2) is 0 Å². The summed E-state index contributed by atoms with van der Waals surface area (Å²) in [5.41, 5.74) is 0. The van der Waals surface area contributed by atoms with Crippen molar-refractivity contribution in [1.82, 2.24) is 5.32 Å². The average Bonchev–Trinajstić information content (AvgIpc) is 2.36. The number of carbonyl (C=O) groups is 1. The van der Waals surface area contributed by atoms with E-state index in [0.717, 1.165) is 25.7 Å². The molecule has 0 radical (unpaired) electrons. The van der Waals surface area contributed by atoms with E-state index in [1.807, 2.05) is 0 Å². The largest absolute Gasteiger partial charge is 0.305 e. The van der Waals surface area contributed by atoms with Gasteiger partial charge >= 0.3 is 0 Å². The van der Waals surface area contributed by atoms with Crippen molar-refractivity contribution in [2.45, 2.75) is 51.6 Å². The fourth-order valence-electron chi connectivity index (χ4n) is 1.60. The van der Waals surface area contributed by atoms with Gasteiger partial charge in [0.2, 0.25) is 0 Å². The summed E-state index contributed by atoms with van der Waals surface area (Å²) in [6.45, 7) is 4.19. The van der Waals surface area contributed by atoms with Gasteiger partial charge in [0, 0.05) is 12.5 Å². The van der Waals surface area contributed by atoms with E-state index in [4.69, 9.17) is 0 Å². The Labute approximate surface area is 68.4 Å². The van der Waals surface area contributed by atoms with Crippen molar-refractivity contribution in [2.75, 3.05) is 0 Å². The highest BCUT2D eigenvalue weighted by atomic mass is 16.1. The second kappa shape index (κ2) is 3.86. The van der Waals surface area contributed by atoms with Crippen LogP contribution in [0.5, 0.6) is 0 Å². The molecule has 0 amide bonds. The highest BCUT2D eigenvalue weighted by Crippen LogP contribution is 2.13. The molecule has 1 rings (SSSR count). The van der Waals surface area contributed by atoms with Crippen molar-refractivity contribution in [2.24, 2.45) is 0 Å². The second-order valence-electron chi connectivity index (χ2n) is 3.41. The number of nitrogens with one attached hydrogen (secondary N) is 1. The second-order valence-corrected chi connectivity index (χ2v) is 3.41. The highest BCUT2D eigenvalue weighted by Gasteiger charge is 2.25. The van der Waals surface area contributed by atoms with Crippen LogP contribution in [0.4, 0.5) is 0 Å². The number of hydrogen-bond donors (Lipinski definition) is 1. The van der Waals surface area contributed by atoms with E-state index in [9.17, 15) is 4.79 Å². The van der Waals surface area contributed by atoms with Gasteiger partial charge in [0.1, 0.15) is 5.78 Å². The van der Waals surface area contributed by atoms with Crippen LogP contribution >= 0.6 is 0 Å². The molecule has 0 aromatic heterocycles. The zero-order valence-corrected chi connectivity index (χ0v) is 7.39. The first-order valence-corrected chi connectivity index (χ1v) is 4.52. The molecule has 1 fully saturated rings. The van der Waals surface area contributed by atoms with Crippen LogP contribution in [0.3, 0.4) is 0 Å². The van der Waals surface area contributed by atoms with Crippen molar-refractivity contribution in [1.29, 1.82) is 0 Å². The predicted molar refractivity (Wildman–Crippen MR) is 45.5 cm³/mol. The smallest absolute Gasteiger partial charge is 0.149 e. The summed E-state index contributed by atoms with van der Waals surface area (Å²) in [5.74, 6) is 0.400. The van der Waals surface area contributed by atoms with Gasteiger partial charge in [-0.2, -0.15) is 0 Å². The van der Waals surface area contributed by atoms with Crippen molar-refractivity contribution in [3.05, 3.63) is 0 Å². The summed E-state index contributed by atoms with van der Waals surface area (Å²) in [4.78, 5) is 11.3. The summed E-state index contributed by atoms with van der Waals surface area (Å²) in [6.07, 6.45) is 3.91. The lowest BCUT2D eigenvalue weighted by Crippen LogP contribution is -2.33. The maximum absolute atomic E-state index is 11.3. The standard InChI is InChI=1S/C9H17NO/c1-3-4-9(11)8-6-5-7(2)10-8/h7-8,10H,3-6H2,1-2H3. The van der Waals surface area contributed by atoms with Crippen LogP contribution in [0.1, 0.15) is 39.5 Å². The van der Waals surface area contributed by atoms with Gasteiger partial charge in [-0.3, -0.25) is 4.79 Å². The van der Waals surface area contributed by atoms with Crippen molar-refractivity contribution in [3.8, 4) is 0 Å². The molecule has 2 nitrogen and oxygen atoms in total. The lowest BCUT2D eigenvalue weighted by molar-refractivity contribution is -0.120. The van der Waals surface area contributed by atoms with E-state index in [2.05, 4.69) is 19.2 Å². The number of carbonyl (C=O) groups excluding carboxylic acids is 1. The Bertz CT molecular complexity index is 144. The van der Waals surface area contributed by atoms with Crippen LogP contribution < -0.4 is 5.32 Å². The van der Waals surface area contributed by atoms with Crippen LogP contribution in [0, 0.1) is 0 Å². The summed E-state index contributed by atoms with van der Waals surface area (Å²) in [7, 11) is 0. The lowest BCUT2D eigenvalue weighted by Gasteiger charge is -2.08. The summed E-state index contributed by atoms with van der Waals surface area (Å²) in [6, 6.07) is 0.714. The molecule has 0 aliphatic carbocycles. The fraction of sp³-hybridized carbons (Fsp3) is 0.889. The van der Waals surface area contributed by atoms with Gasteiger partial charge in [-0.15, -0.1) is 0 Å². The molecule has 1 heterocycles. The average molecular weight is 155 g/mol. The first kappa shape index (κ1) is 8.72. The fourth-order valence-corrected chi connectivity index (χ4v) is 1.60. The molecule has 0 spiro atoms. The van der Waals surface area contributed by atoms with Gasteiger partial charge in [-0.1, -0.05) is 6.92 Å².